The third-order valence-corrected chi connectivity index (χ3v) is 8.19. The van der Waals surface area contributed by atoms with Crippen LogP contribution in [-0.4, -0.2) is 38.2 Å². The van der Waals surface area contributed by atoms with Gasteiger partial charge in [-0.15, -0.1) is 0 Å². The zero-order chi connectivity index (χ0) is 19.4. The van der Waals surface area contributed by atoms with E-state index < -0.39 is 10.0 Å². The number of rotatable bonds is 5. The summed E-state index contributed by atoms with van der Waals surface area (Å²) in [6, 6.07) is 12.9. The lowest BCUT2D eigenvalue weighted by atomic mass is 10.1. The topological polar surface area (TPSA) is 46.6 Å². The van der Waals surface area contributed by atoms with Gasteiger partial charge in [0.05, 0.1) is 11.5 Å². The van der Waals surface area contributed by atoms with Crippen LogP contribution in [0.15, 0.2) is 47.4 Å². The van der Waals surface area contributed by atoms with Gasteiger partial charge in [-0.05, 0) is 55.7 Å². The lowest BCUT2D eigenvalue weighted by Gasteiger charge is -2.21. The number of aryl methyl sites for hydroxylation is 1. The van der Waals surface area contributed by atoms with E-state index in [0.717, 1.165) is 34.1 Å². The predicted molar refractivity (Wildman–Crippen MR) is 112 cm³/mol. The van der Waals surface area contributed by atoms with Crippen LogP contribution in [0.3, 0.4) is 0 Å². The number of ether oxygens (including phenoxy) is 1. The molecule has 1 heterocycles. The van der Waals surface area contributed by atoms with Gasteiger partial charge in [-0.3, -0.25) is 0 Å². The van der Waals surface area contributed by atoms with E-state index in [1.807, 2.05) is 38.1 Å². The number of nitrogens with zero attached hydrogens (tertiary/aromatic N) is 1. The zero-order valence-corrected chi connectivity index (χ0v) is 17.9. The maximum atomic E-state index is 13.1. The summed E-state index contributed by atoms with van der Waals surface area (Å²) >= 11 is 8.10. The normalized spacial score (nSPS) is 18.9. The van der Waals surface area contributed by atoms with Crippen LogP contribution in [0, 0.1) is 6.92 Å². The number of hydrogen-bond acceptors (Lipinski definition) is 4. The van der Waals surface area contributed by atoms with Crippen molar-refractivity contribution in [2.24, 2.45) is 0 Å². The molecule has 2 aromatic carbocycles. The van der Waals surface area contributed by atoms with E-state index >= 15 is 0 Å². The van der Waals surface area contributed by atoms with Gasteiger partial charge in [0.15, 0.2) is 0 Å². The van der Waals surface area contributed by atoms with Crippen molar-refractivity contribution in [1.29, 1.82) is 0 Å². The lowest BCUT2D eigenvalue weighted by Crippen LogP contribution is -2.33. The molecule has 1 aliphatic heterocycles. The zero-order valence-electron chi connectivity index (χ0n) is 15.5. The second kappa shape index (κ2) is 8.86. The molecule has 0 radical (unpaired) electrons. The summed E-state index contributed by atoms with van der Waals surface area (Å²) in [5, 5.41) is 0.953. The Bertz CT molecular complexity index is 902. The Morgan fingerprint density at radius 3 is 2.70 bits per heavy atom. The first-order valence-electron chi connectivity index (χ1n) is 9.03. The molecule has 3 rings (SSSR count). The molecular weight excluding hydrogens is 402 g/mol. The van der Waals surface area contributed by atoms with Crippen LogP contribution in [0.25, 0.3) is 0 Å². The van der Waals surface area contributed by atoms with Gasteiger partial charge in [0.25, 0.3) is 0 Å². The van der Waals surface area contributed by atoms with Crippen molar-refractivity contribution in [2.75, 3.05) is 25.4 Å². The summed E-state index contributed by atoms with van der Waals surface area (Å²) in [5.41, 5.74) is 1.91. The summed E-state index contributed by atoms with van der Waals surface area (Å²) in [5.74, 6) is 1.46. The maximum Gasteiger partial charge on any atom is 0.243 e. The third kappa shape index (κ3) is 4.62. The van der Waals surface area contributed by atoms with E-state index in [2.05, 4.69) is 0 Å². The first kappa shape index (κ1) is 20.5. The van der Waals surface area contributed by atoms with E-state index in [1.54, 1.807) is 34.3 Å². The van der Waals surface area contributed by atoms with Crippen LogP contribution in [0.5, 0.6) is 5.75 Å². The predicted octanol–water partition coefficient (Wildman–Crippen LogP) is 4.92. The molecule has 0 amide bonds. The molecule has 1 atom stereocenters. The Labute approximate surface area is 170 Å². The summed E-state index contributed by atoms with van der Waals surface area (Å²) in [4.78, 5) is 0.324. The molecule has 7 heteroatoms. The van der Waals surface area contributed by atoms with Crippen molar-refractivity contribution in [3.8, 4) is 5.75 Å². The second-order valence-corrected chi connectivity index (χ2v) is 10.1. The van der Waals surface area contributed by atoms with Crippen molar-refractivity contribution in [1.82, 2.24) is 4.31 Å². The first-order chi connectivity index (χ1) is 12.9. The molecule has 146 valence electrons. The largest absolute Gasteiger partial charge is 0.494 e. The van der Waals surface area contributed by atoms with Crippen molar-refractivity contribution in [3.63, 3.8) is 0 Å². The third-order valence-electron chi connectivity index (χ3n) is 4.64. The minimum atomic E-state index is -3.52. The number of hydrogen-bond donors (Lipinski definition) is 0. The number of sulfonamides is 1. The fourth-order valence-corrected chi connectivity index (χ4v) is 6.48. The van der Waals surface area contributed by atoms with Gasteiger partial charge in [-0.25, -0.2) is 8.42 Å². The standard InChI is InChI=1S/C20H24ClNO3S2/c1-3-25-19-9-8-16(14-15(19)2)27(23,24)22-11-10-20(26-13-12-22)17-6-4-5-7-18(17)21/h4-9,14,20H,3,10-13H2,1-2H3. The monoisotopic (exact) mass is 425 g/mol. The molecule has 4 nitrogen and oxygen atoms in total. The number of thioether (sulfide) groups is 1. The van der Waals surface area contributed by atoms with Crippen molar-refractivity contribution < 1.29 is 13.2 Å². The Morgan fingerprint density at radius 2 is 2.00 bits per heavy atom. The van der Waals surface area contributed by atoms with E-state index in [9.17, 15) is 8.42 Å². The highest BCUT2D eigenvalue weighted by Gasteiger charge is 2.29. The summed E-state index contributed by atoms with van der Waals surface area (Å²) < 4.78 is 33.4. The van der Waals surface area contributed by atoms with Gasteiger partial charge in [-0.2, -0.15) is 16.1 Å². The molecule has 1 unspecified atom stereocenters. The minimum Gasteiger partial charge on any atom is -0.494 e. The van der Waals surface area contributed by atoms with E-state index in [4.69, 9.17) is 16.3 Å². The second-order valence-electron chi connectivity index (χ2n) is 6.43. The smallest absolute Gasteiger partial charge is 0.243 e. The molecule has 0 spiro atoms. The molecule has 2 aromatic rings. The van der Waals surface area contributed by atoms with Crippen molar-refractivity contribution in [2.45, 2.75) is 30.4 Å². The molecule has 1 saturated heterocycles. The first-order valence-corrected chi connectivity index (χ1v) is 11.9. The van der Waals surface area contributed by atoms with E-state index in [0.29, 0.717) is 24.6 Å². The van der Waals surface area contributed by atoms with Crippen LogP contribution in [0.1, 0.15) is 29.7 Å². The SMILES string of the molecule is CCOc1ccc(S(=O)(=O)N2CCSC(c3ccccc3Cl)CC2)cc1C. The Kier molecular flexibility index (Phi) is 6.74. The quantitative estimate of drug-likeness (QED) is 0.682. The van der Waals surface area contributed by atoms with Gasteiger partial charge < -0.3 is 4.74 Å². The van der Waals surface area contributed by atoms with Crippen LogP contribution >= 0.6 is 23.4 Å². The molecule has 1 fully saturated rings. The van der Waals surface area contributed by atoms with Gasteiger partial charge in [0.2, 0.25) is 10.0 Å². The molecule has 0 saturated carbocycles. The van der Waals surface area contributed by atoms with Crippen LogP contribution in [-0.2, 0) is 10.0 Å². The molecule has 27 heavy (non-hydrogen) atoms. The maximum absolute atomic E-state index is 13.1. The Hall–Kier alpha value is -1.21. The van der Waals surface area contributed by atoms with Gasteiger partial charge in [0, 0.05) is 29.1 Å². The molecule has 0 N–H and O–H groups in total. The molecule has 1 aliphatic rings. The van der Waals surface area contributed by atoms with E-state index in [-0.39, 0.29) is 5.25 Å². The average Bonchev–Trinajstić information content (AvgIpc) is 2.90. The summed E-state index contributed by atoms with van der Waals surface area (Å²) in [6.45, 7) is 5.32. The van der Waals surface area contributed by atoms with E-state index in [1.165, 1.54) is 0 Å². The van der Waals surface area contributed by atoms with Crippen molar-refractivity contribution in [3.05, 3.63) is 58.6 Å². The molecule has 0 aromatic heterocycles. The van der Waals surface area contributed by atoms with Crippen molar-refractivity contribution >= 4 is 33.4 Å². The summed E-state index contributed by atoms with van der Waals surface area (Å²) in [7, 11) is -3.52. The fraction of sp³-hybridized carbons (Fsp3) is 0.400. The molecule has 0 aliphatic carbocycles. The highest BCUT2D eigenvalue weighted by molar-refractivity contribution is 7.99. The van der Waals surface area contributed by atoms with Gasteiger partial charge in [0.1, 0.15) is 5.75 Å². The van der Waals surface area contributed by atoms with Crippen LogP contribution < -0.4 is 4.74 Å². The minimum absolute atomic E-state index is 0.209. The number of halogens is 1. The lowest BCUT2D eigenvalue weighted by molar-refractivity contribution is 0.337. The Morgan fingerprint density at radius 1 is 1.22 bits per heavy atom. The fourth-order valence-electron chi connectivity index (χ4n) is 3.22. The highest BCUT2D eigenvalue weighted by Crippen LogP contribution is 2.38. The summed E-state index contributed by atoms with van der Waals surface area (Å²) in [6.07, 6.45) is 0.740. The molecular formula is C20H24ClNO3S2. The van der Waals surface area contributed by atoms with Gasteiger partial charge >= 0.3 is 0 Å². The van der Waals surface area contributed by atoms with Crippen LogP contribution in [0.4, 0.5) is 0 Å². The van der Waals surface area contributed by atoms with Crippen LogP contribution in [0.2, 0.25) is 5.02 Å². The highest BCUT2D eigenvalue weighted by atomic mass is 35.5. The van der Waals surface area contributed by atoms with Gasteiger partial charge in [-0.1, -0.05) is 29.8 Å². The number of benzene rings is 2. The average molecular weight is 426 g/mol. The molecule has 0 bridgehead atoms. The Balaban J connectivity index is 1.78.